The fourth-order valence-corrected chi connectivity index (χ4v) is 4.43. The summed E-state index contributed by atoms with van der Waals surface area (Å²) in [5.41, 5.74) is -3.23. The van der Waals surface area contributed by atoms with E-state index in [0.29, 0.717) is 12.7 Å². The van der Waals surface area contributed by atoms with Gasteiger partial charge in [0.2, 0.25) is 0 Å². The van der Waals surface area contributed by atoms with Crippen molar-refractivity contribution in [1.82, 2.24) is 0 Å². The highest BCUT2D eigenvalue weighted by Crippen LogP contribution is 2.55. The summed E-state index contributed by atoms with van der Waals surface area (Å²) in [4.78, 5) is 37.3. The van der Waals surface area contributed by atoms with Gasteiger partial charge in [0.05, 0.1) is 5.57 Å². The second-order valence-electron chi connectivity index (χ2n) is 8.11. The third kappa shape index (κ3) is 3.31. The molecule has 2 unspecified atom stereocenters. The first-order valence-electron chi connectivity index (χ1n) is 10.4. The van der Waals surface area contributed by atoms with E-state index >= 15 is 0 Å². The third-order valence-electron chi connectivity index (χ3n) is 6.10. The zero-order valence-electron chi connectivity index (χ0n) is 17.6. The van der Waals surface area contributed by atoms with Crippen molar-refractivity contribution in [3.63, 3.8) is 0 Å². The smallest absolute Gasteiger partial charge is 0.343 e. The topological polar surface area (TPSA) is 114 Å². The lowest BCUT2D eigenvalue weighted by Gasteiger charge is -2.43. The maximum Gasteiger partial charge on any atom is 0.343 e. The Kier molecular flexibility index (Phi) is 6.04. The Labute approximate surface area is 175 Å². The molecule has 1 aromatic heterocycles. The number of carbonyl (C=O) groups is 3. The van der Waals surface area contributed by atoms with Gasteiger partial charge in [-0.1, -0.05) is 44.8 Å². The van der Waals surface area contributed by atoms with Crippen LogP contribution in [0.2, 0.25) is 0 Å². The Morgan fingerprint density at radius 3 is 2.57 bits per heavy atom. The molecule has 3 rings (SSSR count). The fourth-order valence-electron chi connectivity index (χ4n) is 4.43. The van der Waals surface area contributed by atoms with E-state index in [2.05, 4.69) is 6.92 Å². The first kappa shape index (κ1) is 22.0. The minimum Gasteiger partial charge on any atom is -0.480 e. The van der Waals surface area contributed by atoms with Gasteiger partial charge in [-0.25, -0.2) is 4.79 Å². The monoisotopic (exact) mass is 416 g/mol. The maximum absolute atomic E-state index is 13.0. The highest BCUT2D eigenvalue weighted by molar-refractivity contribution is 6.26. The number of hydrogen-bond donors (Lipinski definition) is 2. The largest absolute Gasteiger partial charge is 0.480 e. The molecule has 0 saturated heterocycles. The number of fused-ring (bicyclic) bond motifs is 3. The Morgan fingerprint density at radius 1 is 1.23 bits per heavy atom. The minimum atomic E-state index is -1.71. The second kappa shape index (κ2) is 8.22. The van der Waals surface area contributed by atoms with Crippen LogP contribution in [0.25, 0.3) is 5.57 Å². The van der Waals surface area contributed by atoms with Crippen molar-refractivity contribution >= 4 is 23.6 Å². The van der Waals surface area contributed by atoms with Crippen molar-refractivity contribution in [3.05, 3.63) is 34.6 Å². The number of unbranched alkanes of at least 4 members (excludes halogenated alkanes) is 4. The number of ketones is 1. The number of Topliss-reactive ketones (excluding diaryl/α,β-unsaturated/α-hetero) is 1. The number of furan rings is 1. The summed E-state index contributed by atoms with van der Waals surface area (Å²) < 4.78 is 11.0. The van der Waals surface area contributed by atoms with Crippen LogP contribution in [0, 0.1) is 0 Å². The van der Waals surface area contributed by atoms with Crippen LogP contribution in [0.15, 0.2) is 22.1 Å². The normalized spacial score (nSPS) is 25.4. The highest BCUT2D eigenvalue weighted by atomic mass is 16.6. The van der Waals surface area contributed by atoms with E-state index in [-0.39, 0.29) is 40.9 Å². The van der Waals surface area contributed by atoms with Crippen LogP contribution >= 0.6 is 0 Å². The van der Waals surface area contributed by atoms with Gasteiger partial charge in [0.15, 0.2) is 17.7 Å². The number of ether oxygens (including phenoxy) is 1. The Morgan fingerprint density at radius 2 is 1.93 bits per heavy atom. The van der Waals surface area contributed by atoms with Gasteiger partial charge in [-0.3, -0.25) is 9.59 Å². The Bertz CT molecular complexity index is 936. The molecule has 2 N–H and O–H groups in total. The Balaban J connectivity index is 2.11. The van der Waals surface area contributed by atoms with Crippen LogP contribution in [-0.2, 0) is 20.7 Å². The molecule has 2 heterocycles. The van der Waals surface area contributed by atoms with Crippen LogP contribution in [0.3, 0.4) is 0 Å². The zero-order chi connectivity index (χ0) is 22.1. The van der Waals surface area contributed by atoms with Crippen LogP contribution in [0.1, 0.15) is 81.0 Å². The zero-order valence-corrected chi connectivity index (χ0v) is 17.6. The Hall–Kier alpha value is -2.67. The summed E-state index contributed by atoms with van der Waals surface area (Å²) in [6.07, 6.45) is 8.25. The summed E-state index contributed by atoms with van der Waals surface area (Å²) in [7, 11) is 0. The molecule has 0 radical (unpaired) electrons. The summed E-state index contributed by atoms with van der Waals surface area (Å²) in [5, 5.41) is 21.5. The number of aromatic hydroxyl groups is 1. The highest BCUT2D eigenvalue weighted by Gasteiger charge is 2.62. The van der Waals surface area contributed by atoms with Crippen molar-refractivity contribution in [3.8, 4) is 5.95 Å². The van der Waals surface area contributed by atoms with Gasteiger partial charge in [-0.2, -0.15) is 0 Å². The van der Waals surface area contributed by atoms with E-state index in [1.54, 1.807) is 13.0 Å². The molecule has 162 valence electrons. The molecular formula is C23H28O7. The molecular weight excluding hydrogens is 388 g/mol. The van der Waals surface area contributed by atoms with Crippen molar-refractivity contribution in [2.45, 2.75) is 76.9 Å². The molecule has 7 heteroatoms. The number of rotatable bonds is 9. The van der Waals surface area contributed by atoms with Gasteiger partial charge in [0, 0.05) is 18.4 Å². The van der Waals surface area contributed by atoms with E-state index in [0.717, 1.165) is 25.7 Å². The average Bonchev–Trinajstić information content (AvgIpc) is 3.14. The summed E-state index contributed by atoms with van der Waals surface area (Å²) in [5.74, 6) is -1.79. The molecule has 2 atom stereocenters. The molecule has 1 aliphatic heterocycles. The predicted octanol–water partition coefficient (Wildman–Crippen LogP) is 3.66. The lowest BCUT2D eigenvalue weighted by Crippen LogP contribution is -2.56. The number of allylic oxidation sites excluding steroid dienone is 1. The number of carbonyl (C=O) groups excluding carboxylic acids is 3. The fraction of sp³-hybridized carbons (Fsp3) is 0.522. The molecule has 0 fully saturated rings. The molecule has 0 spiro atoms. The molecule has 0 saturated carbocycles. The maximum atomic E-state index is 13.0. The number of aldehydes is 1. The van der Waals surface area contributed by atoms with Crippen molar-refractivity contribution < 1.29 is 33.8 Å². The summed E-state index contributed by atoms with van der Waals surface area (Å²) in [6, 6.07) is 0. The number of esters is 1. The molecule has 0 amide bonds. The van der Waals surface area contributed by atoms with Crippen molar-refractivity contribution in [1.29, 1.82) is 0 Å². The molecule has 0 aromatic carbocycles. The second-order valence-corrected chi connectivity index (χ2v) is 8.11. The van der Waals surface area contributed by atoms with E-state index in [9.17, 15) is 24.6 Å². The van der Waals surface area contributed by atoms with E-state index < -0.39 is 28.9 Å². The van der Waals surface area contributed by atoms with Gasteiger partial charge >= 0.3 is 5.97 Å². The van der Waals surface area contributed by atoms with Gasteiger partial charge < -0.3 is 19.4 Å². The number of hydrogen-bond acceptors (Lipinski definition) is 7. The van der Waals surface area contributed by atoms with Crippen LogP contribution in [0.5, 0.6) is 5.95 Å². The summed E-state index contributed by atoms with van der Waals surface area (Å²) >= 11 is 0. The van der Waals surface area contributed by atoms with Crippen molar-refractivity contribution in [2.75, 3.05) is 0 Å². The first-order chi connectivity index (χ1) is 14.2. The molecule has 2 aliphatic rings. The molecule has 1 aromatic rings. The van der Waals surface area contributed by atoms with Gasteiger partial charge in [-0.05, 0) is 20.3 Å². The molecule has 7 nitrogen and oxygen atoms in total. The van der Waals surface area contributed by atoms with E-state index in [1.807, 2.05) is 0 Å². The summed E-state index contributed by atoms with van der Waals surface area (Å²) in [6.45, 7) is 5.32. The van der Waals surface area contributed by atoms with Gasteiger partial charge in [-0.15, -0.1) is 0 Å². The van der Waals surface area contributed by atoms with Crippen LogP contribution in [0.4, 0.5) is 0 Å². The first-order valence-corrected chi connectivity index (χ1v) is 10.4. The minimum absolute atomic E-state index is 0.0476. The van der Waals surface area contributed by atoms with Gasteiger partial charge in [0.1, 0.15) is 22.5 Å². The van der Waals surface area contributed by atoms with Crippen molar-refractivity contribution in [2.24, 2.45) is 0 Å². The molecule has 30 heavy (non-hydrogen) atoms. The van der Waals surface area contributed by atoms with Crippen LogP contribution in [-0.4, -0.2) is 39.5 Å². The SMILES string of the molecule is CC=CC1(O)Cc2c(oc(O)c2C=O)C2=C(C(=O)CCCCCCC)C(=O)OC21C. The lowest BCUT2D eigenvalue weighted by molar-refractivity contribution is -0.161. The van der Waals surface area contributed by atoms with Crippen LogP contribution < -0.4 is 0 Å². The number of aliphatic hydroxyl groups is 1. The molecule has 1 aliphatic carbocycles. The lowest BCUT2D eigenvalue weighted by atomic mass is 9.68. The quantitative estimate of drug-likeness (QED) is 0.208. The van der Waals surface area contributed by atoms with Gasteiger partial charge in [0.25, 0.3) is 5.95 Å². The standard InChI is InChI=1S/C23H28O7/c1-4-6-7-8-9-10-16(25)17-18-19-14(15(13-24)20(26)29-19)12-23(28,11-5-2)22(18,3)30-21(17)27/h5,11,13,26,28H,4,6-10,12H2,1-3H3. The predicted molar refractivity (Wildman–Crippen MR) is 109 cm³/mol. The third-order valence-corrected chi connectivity index (χ3v) is 6.10. The average molecular weight is 416 g/mol. The van der Waals surface area contributed by atoms with E-state index in [4.69, 9.17) is 9.15 Å². The molecule has 0 bridgehead atoms. The van der Waals surface area contributed by atoms with E-state index in [1.165, 1.54) is 13.0 Å².